The molecule has 0 radical (unpaired) electrons. The number of aryl methyl sites for hydroxylation is 2. The zero-order valence-corrected chi connectivity index (χ0v) is 16.5. The fourth-order valence-corrected chi connectivity index (χ4v) is 2.95. The topological polar surface area (TPSA) is 24.1 Å². The molecule has 134 valence electrons. The summed E-state index contributed by atoms with van der Waals surface area (Å²) in [5.74, 6) is 0.407. The molecule has 0 amide bonds. The van der Waals surface area contributed by atoms with Crippen molar-refractivity contribution in [3.05, 3.63) is 82.4 Å². The fourth-order valence-electron chi connectivity index (χ4n) is 2.75. The third kappa shape index (κ3) is 4.39. The predicted molar refractivity (Wildman–Crippen MR) is 114 cm³/mol. The zero-order valence-electron chi connectivity index (χ0n) is 15.7. The second-order valence-electron chi connectivity index (χ2n) is 7.07. The van der Waals surface area contributed by atoms with E-state index in [0.29, 0.717) is 10.9 Å². The van der Waals surface area contributed by atoms with Gasteiger partial charge >= 0.3 is 0 Å². The van der Waals surface area contributed by atoms with Gasteiger partial charge in [0.05, 0.1) is 16.4 Å². The van der Waals surface area contributed by atoms with Gasteiger partial charge in [0.25, 0.3) is 0 Å². The first-order chi connectivity index (χ1) is 12.4. The molecule has 0 atom stereocenters. The molecule has 0 saturated carbocycles. The lowest BCUT2D eigenvalue weighted by atomic mass is 10.0. The molecule has 3 heteroatoms. The number of nitrogens with one attached hydrogen (secondary N) is 2. The lowest BCUT2D eigenvalue weighted by molar-refractivity contribution is 0.867. The van der Waals surface area contributed by atoms with Gasteiger partial charge < -0.3 is 10.6 Å². The molecular formula is C23H25ClN2. The Hall–Kier alpha value is -2.45. The van der Waals surface area contributed by atoms with E-state index in [1.54, 1.807) is 0 Å². The quantitative estimate of drug-likeness (QED) is 0.487. The molecular weight excluding hydrogens is 340 g/mol. The molecule has 3 aromatic rings. The summed E-state index contributed by atoms with van der Waals surface area (Å²) >= 11 is 6.72. The summed E-state index contributed by atoms with van der Waals surface area (Å²) in [6, 6.07) is 20.9. The first kappa shape index (κ1) is 18.3. The molecule has 0 bridgehead atoms. The Labute approximate surface area is 161 Å². The fraction of sp³-hybridized carbons (Fsp3) is 0.217. The van der Waals surface area contributed by atoms with Crippen LogP contribution in [-0.4, -0.2) is 0 Å². The molecule has 3 aromatic carbocycles. The van der Waals surface area contributed by atoms with Crippen molar-refractivity contribution in [3.63, 3.8) is 0 Å². The highest BCUT2D eigenvalue weighted by molar-refractivity contribution is 6.36. The van der Waals surface area contributed by atoms with Crippen molar-refractivity contribution in [2.24, 2.45) is 0 Å². The van der Waals surface area contributed by atoms with Gasteiger partial charge in [-0.2, -0.15) is 0 Å². The minimum atomic E-state index is 0.407. The maximum absolute atomic E-state index is 6.72. The van der Waals surface area contributed by atoms with E-state index in [9.17, 15) is 0 Å². The molecule has 0 aromatic heterocycles. The molecule has 0 aliphatic rings. The maximum Gasteiger partial charge on any atom is 0.0875 e. The lowest BCUT2D eigenvalue weighted by Gasteiger charge is -2.18. The smallest absolute Gasteiger partial charge is 0.0875 e. The highest BCUT2D eigenvalue weighted by Crippen LogP contribution is 2.37. The van der Waals surface area contributed by atoms with Gasteiger partial charge in [0.2, 0.25) is 0 Å². The monoisotopic (exact) mass is 364 g/mol. The summed E-state index contributed by atoms with van der Waals surface area (Å²) in [6.45, 7) is 8.54. The molecule has 0 spiro atoms. The summed E-state index contributed by atoms with van der Waals surface area (Å²) < 4.78 is 0. The molecule has 0 fully saturated rings. The van der Waals surface area contributed by atoms with E-state index in [2.05, 4.69) is 99.0 Å². The van der Waals surface area contributed by atoms with Crippen molar-refractivity contribution in [1.82, 2.24) is 0 Å². The first-order valence-corrected chi connectivity index (χ1v) is 9.31. The minimum absolute atomic E-state index is 0.407. The highest BCUT2D eigenvalue weighted by atomic mass is 35.5. The standard InChI is InChI=1S/C23H25ClN2/c1-15(2)18-13-21(25-19-9-5-16(3)6-10-19)23(24)22(14-18)26-20-11-7-17(4)8-12-20/h5-15,25-26H,1-4H3. The van der Waals surface area contributed by atoms with Gasteiger partial charge in [0, 0.05) is 11.4 Å². The number of hydrogen-bond donors (Lipinski definition) is 2. The van der Waals surface area contributed by atoms with Crippen molar-refractivity contribution < 1.29 is 0 Å². The Morgan fingerprint density at radius 1 is 0.692 bits per heavy atom. The Balaban J connectivity index is 1.96. The molecule has 2 N–H and O–H groups in total. The van der Waals surface area contributed by atoms with E-state index in [1.165, 1.54) is 16.7 Å². The maximum atomic E-state index is 6.72. The van der Waals surface area contributed by atoms with E-state index in [-0.39, 0.29) is 0 Å². The first-order valence-electron chi connectivity index (χ1n) is 8.93. The summed E-state index contributed by atoms with van der Waals surface area (Å²) in [7, 11) is 0. The van der Waals surface area contributed by atoms with Crippen LogP contribution in [0.4, 0.5) is 22.7 Å². The van der Waals surface area contributed by atoms with Crippen molar-refractivity contribution in [3.8, 4) is 0 Å². The Morgan fingerprint density at radius 2 is 1.08 bits per heavy atom. The number of benzene rings is 3. The van der Waals surface area contributed by atoms with E-state index < -0.39 is 0 Å². The predicted octanol–water partition coefficient (Wildman–Crippen LogP) is 7.57. The normalized spacial score (nSPS) is 10.8. The lowest BCUT2D eigenvalue weighted by Crippen LogP contribution is -1.99. The van der Waals surface area contributed by atoms with Crippen LogP contribution in [0.25, 0.3) is 0 Å². The van der Waals surface area contributed by atoms with Gasteiger partial charge in [0.1, 0.15) is 0 Å². The van der Waals surface area contributed by atoms with Crippen LogP contribution in [0.5, 0.6) is 0 Å². The van der Waals surface area contributed by atoms with E-state index in [0.717, 1.165) is 22.7 Å². The van der Waals surface area contributed by atoms with Gasteiger partial charge in [-0.15, -0.1) is 0 Å². The van der Waals surface area contributed by atoms with Crippen molar-refractivity contribution in [2.75, 3.05) is 10.6 Å². The van der Waals surface area contributed by atoms with E-state index in [1.807, 2.05) is 0 Å². The molecule has 0 aliphatic heterocycles. The van der Waals surface area contributed by atoms with Crippen molar-refractivity contribution in [2.45, 2.75) is 33.6 Å². The van der Waals surface area contributed by atoms with Crippen LogP contribution in [0.3, 0.4) is 0 Å². The average molecular weight is 365 g/mol. The average Bonchev–Trinajstić information content (AvgIpc) is 2.62. The zero-order chi connectivity index (χ0) is 18.7. The summed E-state index contributed by atoms with van der Waals surface area (Å²) in [5.41, 5.74) is 7.59. The van der Waals surface area contributed by atoms with Crippen LogP contribution < -0.4 is 10.6 Å². The minimum Gasteiger partial charge on any atom is -0.354 e. The molecule has 3 rings (SSSR count). The Kier molecular flexibility index (Phi) is 5.53. The SMILES string of the molecule is Cc1ccc(Nc2cc(C(C)C)cc(Nc3ccc(C)cc3)c2Cl)cc1. The van der Waals surface area contributed by atoms with Crippen LogP contribution >= 0.6 is 11.6 Å². The van der Waals surface area contributed by atoms with Crippen molar-refractivity contribution in [1.29, 1.82) is 0 Å². The molecule has 0 heterocycles. The molecule has 0 aliphatic carbocycles. The second kappa shape index (κ2) is 7.84. The molecule has 2 nitrogen and oxygen atoms in total. The largest absolute Gasteiger partial charge is 0.354 e. The van der Waals surface area contributed by atoms with Crippen LogP contribution in [0.15, 0.2) is 60.7 Å². The molecule has 26 heavy (non-hydrogen) atoms. The number of hydrogen-bond acceptors (Lipinski definition) is 2. The molecule has 0 unspecified atom stereocenters. The van der Waals surface area contributed by atoms with Crippen LogP contribution in [0.2, 0.25) is 5.02 Å². The summed E-state index contributed by atoms with van der Waals surface area (Å²) in [5, 5.41) is 7.61. The second-order valence-corrected chi connectivity index (χ2v) is 7.44. The van der Waals surface area contributed by atoms with Crippen LogP contribution in [-0.2, 0) is 0 Å². The number of halogens is 1. The third-order valence-corrected chi connectivity index (χ3v) is 4.83. The van der Waals surface area contributed by atoms with E-state index in [4.69, 9.17) is 11.6 Å². The third-order valence-electron chi connectivity index (χ3n) is 4.42. The Morgan fingerprint density at radius 3 is 1.42 bits per heavy atom. The summed E-state index contributed by atoms with van der Waals surface area (Å²) in [6.07, 6.45) is 0. The summed E-state index contributed by atoms with van der Waals surface area (Å²) in [4.78, 5) is 0. The van der Waals surface area contributed by atoms with Gasteiger partial charge in [0.15, 0.2) is 0 Å². The highest BCUT2D eigenvalue weighted by Gasteiger charge is 2.12. The van der Waals surface area contributed by atoms with E-state index >= 15 is 0 Å². The van der Waals surface area contributed by atoms with Gasteiger partial charge in [-0.25, -0.2) is 0 Å². The number of rotatable bonds is 5. The van der Waals surface area contributed by atoms with Crippen LogP contribution in [0, 0.1) is 13.8 Å². The molecule has 0 saturated heterocycles. The number of anilines is 4. The van der Waals surface area contributed by atoms with Crippen LogP contribution in [0.1, 0.15) is 36.5 Å². The Bertz CT molecular complexity index is 813. The van der Waals surface area contributed by atoms with Gasteiger partial charge in [-0.05, 0) is 61.7 Å². The van der Waals surface area contributed by atoms with Gasteiger partial charge in [-0.1, -0.05) is 60.8 Å². The van der Waals surface area contributed by atoms with Gasteiger partial charge in [-0.3, -0.25) is 0 Å². The van der Waals surface area contributed by atoms with Crippen molar-refractivity contribution >= 4 is 34.4 Å².